The Balaban J connectivity index is 1.49. The Morgan fingerprint density at radius 1 is 0.435 bits per heavy atom. The van der Waals surface area contributed by atoms with E-state index >= 15 is 0 Å². The molecule has 0 saturated carbocycles. The SMILES string of the molecule is O=C(c1ccccc1)c1cc2cc(c1)C(=O)c1ccccc1OCCOCCOCCOCCOCCOc1ccccc1C2=O. The van der Waals surface area contributed by atoms with Crippen molar-refractivity contribution in [3.05, 3.63) is 130 Å². The predicted octanol–water partition coefficient (Wildman–Crippen LogP) is 5.22. The van der Waals surface area contributed by atoms with E-state index in [2.05, 4.69) is 0 Å². The zero-order valence-corrected chi connectivity index (χ0v) is 25.5. The van der Waals surface area contributed by atoms with E-state index < -0.39 is 11.6 Å². The molecule has 0 amide bonds. The number of hydrogen-bond acceptors (Lipinski definition) is 9. The van der Waals surface area contributed by atoms with Crippen LogP contribution in [0.3, 0.4) is 0 Å². The Labute approximate surface area is 268 Å². The van der Waals surface area contributed by atoms with Gasteiger partial charge < -0.3 is 28.4 Å². The number of ether oxygens (including phenoxy) is 6. The molecule has 4 aromatic rings. The van der Waals surface area contributed by atoms with Crippen LogP contribution in [0.1, 0.15) is 47.8 Å². The number of benzene rings is 4. The van der Waals surface area contributed by atoms with Crippen molar-refractivity contribution in [3.63, 3.8) is 0 Å². The lowest BCUT2D eigenvalue weighted by molar-refractivity contribution is -0.00701. The largest absolute Gasteiger partial charge is 0.490 e. The third kappa shape index (κ3) is 8.95. The van der Waals surface area contributed by atoms with Crippen LogP contribution >= 0.6 is 0 Å². The van der Waals surface area contributed by atoms with Crippen LogP contribution in [0.15, 0.2) is 97.1 Å². The van der Waals surface area contributed by atoms with Gasteiger partial charge >= 0.3 is 0 Å². The van der Waals surface area contributed by atoms with Crippen molar-refractivity contribution in [3.8, 4) is 11.5 Å². The van der Waals surface area contributed by atoms with Crippen LogP contribution in [0.5, 0.6) is 11.5 Å². The van der Waals surface area contributed by atoms with E-state index in [-0.39, 0.29) is 35.7 Å². The molecule has 9 nitrogen and oxygen atoms in total. The lowest BCUT2D eigenvalue weighted by Crippen LogP contribution is -2.15. The van der Waals surface area contributed by atoms with E-state index in [1.165, 1.54) is 18.2 Å². The minimum Gasteiger partial charge on any atom is -0.490 e. The highest BCUT2D eigenvalue weighted by molar-refractivity contribution is 6.18. The Morgan fingerprint density at radius 2 is 0.826 bits per heavy atom. The standard InChI is InChI=1S/C37H36O9/c38-35(27-8-2-1-3-9-27)28-24-29-26-30(25-28)37(40)32-11-5-7-13-34(32)46-23-21-44-19-17-42-15-14-41-16-18-43-20-22-45-33-12-6-4-10-31(33)36(29)39/h1-13,24-26H,14-23H2. The fraction of sp³-hybridized carbons (Fsp3) is 0.270. The summed E-state index contributed by atoms with van der Waals surface area (Å²) in [5, 5.41) is 0. The van der Waals surface area contributed by atoms with Gasteiger partial charge in [0.1, 0.15) is 24.7 Å². The zero-order chi connectivity index (χ0) is 32.0. The van der Waals surface area contributed by atoms with E-state index in [4.69, 9.17) is 28.4 Å². The molecule has 5 rings (SSSR count). The Bertz CT molecular complexity index is 1520. The molecule has 0 saturated heterocycles. The lowest BCUT2D eigenvalue weighted by atomic mass is 9.92. The van der Waals surface area contributed by atoms with Crippen molar-refractivity contribution in [2.24, 2.45) is 0 Å². The molecule has 0 atom stereocenters. The van der Waals surface area contributed by atoms with Crippen molar-refractivity contribution in [2.75, 3.05) is 66.1 Å². The number of fused-ring (bicyclic) bond motifs is 4. The van der Waals surface area contributed by atoms with Gasteiger partial charge in [-0.15, -0.1) is 0 Å². The highest BCUT2D eigenvalue weighted by Gasteiger charge is 2.22. The topological polar surface area (TPSA) is 107 Å². The van der Waals surface area contributed by atoms with Gasteiger partial charge in [-0.25, -0.2) is 0 Å². The Kier molecular flexibility index (Phi) is 12.2. The van der Waals surface area contributed by atoms with Crippen molar-refractivity contribution >= 4 is 17.3 Å². The highest BCUT2D eigenvalue weighted by atomic mass is 16.6. The summed E-state index contributed by atoms with van der Waals surface area (Å²) in [5.41, 5.74) is 1.58. The molecule has 1 aliphatic heterocycles. The summed E-state index contributed by atoms with van der Waals surface area (Å²) in [7, 11) is 0. The van der Waals surface area contributed by atoms with Gasteiger partial charge in [0.15, 0.2) is 17.3 Å². The summed E-state index contributed by atoms with van der Waals surface area (Å²) in [6, 6.07) is 27.0. The maximum absolute atomic E-state index is 14.0. The zero-order valence-electron chi connectivity index (χ0n) is 25.5. The number of carbonyl (C=O) groups excluding carboxylic acids is 3. The molecule has 0 aliphatic carbocycles. The summed E-state index contributed by atoms with van der Waals surface area (Å²) in [6.45, 7) is 3.46. The van der Waals surface area contributed by atoms with Gasteiger partial charge in [-0.2, -0.15) is 0 Å². The molecule has 1 aliphatic rings. The van der Waals surface area contributed by atoms with Crippen molar-refractivity contribution < 1.29 is 42.8 Å². The molecule has 238 valence electrons. The molecule has 0 aromatic heterocycles. The van der Waals surface area contributed by atoms with Crippen LogP contribution < -0.4 is 9.47 Å². The summed E-state index contributed by atoms with van der Waals surface area (Å²) >= 11 is 0. The molecule has 1 heterocycles. The molecule has 9 heteroatoms. The molecule has 4 aromatic carbocycles. The third-order valence-corrected chi connectivity index (χ3v) is 7.11. The monoisotopic (exact) mass is 624 g/mol. The van der Waals surface area contributed by atoms with Crippen LogP contribution in [0.4, 0.5) is 0 Å². The third-order valence-electron chi connectivity index (χ3n) is 7.11. The molecule has 0 spiro atoms. The maximum atomic E-state index is 14.0. The Morgan fingerprint density at radius 3 is 1.28 bits per heavy atom. The van der Waals surface area contributed by atoms with Crippen LogP contribution in [-0.4, -0.2) is 83.4 Å². The first kappa shape index (κ1) is 32.7. The van der Waals surface area contributed by atoms with E-state index in [0.29, 0.717) is 81.0 Å². The van der Waals surface area contributed by atoms with Gasteiger partial charge in [-0.05, 0) is 42.5 Å². The number of hydrogen-bond donors (Lipinski definition) is 0. The average molecular weight is 625 g/mol. The molecule has 46 heavy (non-hydrogen) atoms. The average Bonchev–Trinajstić information content (AvgIpc) is 3.10. The fourth-order valence-corrected chi connectivity index (χ4v) is 4.83. The minimum absolute atomic E-state index is 0.175. The second kappa shape index (κ2) is 17.1. The second-order valence-electron chi connectivity index (χ2n) is 10.3. The number of carbonyl (C=O) groups is 3. The second-order valence-corrected chi connectivity index (χ2v) is 10.3. The molecule has 0 unspecified atom stereocenters. The minimum atomic E-state index is -0.392. The predicted molar refractivity (Wildman–Crippen MR) is 170 cm³/mol. The highest BCUT2D eigenvalue weighted by Crippen LogP contribution is 2.27. The van der Waals surface area contributed by atoms with E-state index in [1.54, 1.807) is 72.8 Å². The van der Waals surface area contributed by atoms with Crippen LogP contribution in [0.2, 0.25) is 0 Å². The smallest absolute Gasteiger partial charge is 0.196 e. The maximum Gasteiger partial charge on any atom is 0.196 e. The summed E-state index contributed by atoms with van der Waals surface area (Å²) in [5.74, 6) is -0.371. The molecular formula is C37H36O9. The van der Waals surface area contributed by atoms with Crippen molar-refractivity contribution in [1.29, 1.82) is 0 Å². The van der Waals surface area contributed by atoms with E-state index in [0.717, 1.165) is 0 Å². The first-order chi connectivity index (χ1) is 22.6. The van der Waals surface area contributed by atoms with Gasteiger partial charge in [0.05, 0.1) is 64.0 Å². The first-order valence-corrected chi connectivity index (χ1v) is 15.2. The van der Waals surface area contributed by atoms with Crippen LogP contribution in [0, 0.1) is 0 Å². The number of para-hydroxylation sites is 2. The van der Waals surface area contributed by atoms with Gasteiger partial charge in [0.25, 0.3) is 0 Å². The fourth-order valence-electron chi connectivity index (χ4n) is 4.83. The van der Waals surface area contributed by atoms with E-state index in [1.807, 2.05) is 6.07 Å². The molecule has 0 N–H and O–H groups in total. The first-order valence-electron chi connectivity index (χ1n) is 15.2. The molecular weight excluding hydrogens is 588 g/mol. The van der Waals surface area contributed by atoms with Gasteiger partial charge in [0, 0.05) is 22.3 Å². The van der Waals surface area contributed by atoms with Crippen molar-refractivity contribution in [1.82, 2.24) is 0 Å². The summed E-state index contributed by atoms with van der Waals surface area (Å²) in [6.07, 6.45) is 0. The lowest BCUT2D eigenvalue weighted by Gasteiger charge is -2.14. The van der Waals surface area contributed by atoms with Gasteiger partial charge in [-0.1, -0.05) is 54.6 Å². The van der Waals surface area contributed by atoms with Crippen LogP contribution in [-0.2, 0) is 18.9 Å². The molecule has 0 radical (unpaired) electrons. The quantitative estimate of drug-likeness (QED) is 0.278. The summed E-state index contributed by atoms with van der Waals surface area (Å²) in [4.78, 5) is 41.6. The van der Waals surface area contributed by atoms with Gasteiger partial charge in [0.2, 0.25) is 0 Å². The normalized spacial score (nSPS) is 16.0. The van der Waals surface area contributed by atoms with Gasteiger partial charge in [-0.3, -0.25) is 14.4 Å². The molecule has 2 bridgehead atoms. The van der Waals surface area contributed by atoms with Crippen LogP contribution in [0.25, 0.3) is 0 Å². The molecule has 0 fully saturated rings. The number of ketones is 3. The Hall–Kier alpha value is -4.67. The van der Waals surface area contributed by atoms with E-state index in [9.17, 15) is 14.4 Å². The van der Waals surface area contributed by atoms with Crippen molar-refractivity contribution in [2.45, 2.75) is 0 Å². The number of rotatable bonds is 2. The summed E-state index contributed by atoms with van der Waals surface area (Å²) < 4.78 is 34.1.